The summed E-state index contributed by atoms with van der Waals surface area (Å²) in [5.74, 6) is 0.0411. The summed E-state index contributed by atoms with van der Waals surface area (Å²) in [4.78, 5) is 37.5. The van der Waals surface area contributed by atoms with Gasteiger partial charge in [-0.2, -0.15) is 0 Å². The molecule has 0 saturated carbocycles. The molecule has 1 aromatic carbocycles. The first-order valence-corrected chi connectivity index (χ1v) is 8.97. The molecule has 1 aliphatic heterocycles. The Labute approximate surface area is 162 Å². The van der Waals surface area contributed by atoms with Crippen molar-refractivity contribution < 1.29 is 23.5 Å². The fraction of sp³-hybridized carbons (Fsp3) is 0.350. The SMILES string of the molecule is CC(=O)c1ccc(NC(=O)COc2coc(CN3CCOCC3)cc2=O)cc1. The Balaban J connectivity index is 1.51. The number of amides is 1. The van der Waals surface area contributed by atoms with Crippen molar-refractivity contribution in [2.75, 3.05) is 38.2 Å². The van der Waals surface area contributed by atoms with Crippen LogP contribution in [0.2, 0.25) is 0 Å². The van der Waals surface area contributed by atoms with E-state index in [0.29, 0.717) is 36.8 Å². The van der Waals surface area contributed by atoms with Gasteiger partial charge in [0.15, 0.2) is 12.4 Å². The average Bonchev–Trinajstić information content (AvgIpc) is 2.68. The van der Waals surface area contributed by atoms with E-state index in [4.69, 9.17) is 13.9 Å². The number of Topliss-reactive ketones (excluding diaryl/α,β-unsaturated/α-hetero) is 1. The molecule has 2 aromatic rings. The third-order valence-electron chi connectivity index (χ3n) is 4.27. The van der Waals surface area contributed by atoms with Crippen molar-refractivity contribution >= 4 is 17.4 Å². The molecule has 0 spiro atoms. The van der Waals surface area contributed by atoms with Gasteiger partial charge in [-0.25, -0.2) is 0 Å². The third kappa shape index (κ3) is 5.51. The van der Waals surface area contributed by atoms with Crippen molar-refractivity contribution in [1.82, 2.24) is 4.90 Å². The van der Waals surface area contributed by atoms with E-state index in [9.17, 15) is 14.4 Å². The first-order chi connectivity index (χ1) is 13.5. The highest BCUT2D eigenvalue weighted by Gasteiger charge is 2.14. The number of ether oxygens (including phenoxy) is 2. The zero-order valence-electron chi connectivity index (χ0n) is 15.6. The van der Waals surface area contributed by atoms with Gasteiger partial charge in [-0.3, -0.25) is 19.3 Å². The van der Waals surface area contributed by atoms with Crippen LogP contribution in [0.1, 0.15) is 23.0 Å². The number of hydrogen-bond acceptors (Lipinski definition) is 7. The molecule has 0 aliphatic carbocycles. The minimum Gasteiger partial charge on any atom is -0.477 e. The fourth-order valence-electron chi connectivity index (χ4n) is 2.74. The molecule has 0 bridgehead atoms. The number of ketones is 1. The number of nitrogens with zero attached hydrogens (tertiary/aromatic N) is 1. The van der Waals surface area contributed by atoms with E-state index in [2.05, 4.69) is 10.2 Å². The number of benzene rings is 1. The molecule has 3 rings (SSSR count). The first-order valence-electron chi connectivity index (χ1n) is 8.97. The number of morpholine rings is 1. The Morgan fingerprint density at radius 1 is 1.18 bits per heavy atom. The normalized spacial score (nSPS) is 14.5. The molecule has 148 valence electrons. The molecule has 0 unspecified atom stereocenters. The second kappa shape index (κ2) is 9.29. The van der Waals surface area contributed by atoms with Crippen LogP contribution in [0.4, 0.5) is 5.69 Å². The van der Waals surface area contributed by atoms with Crippen LogP contribution < -0.4 is 15.5 Å². The van der Waals surface area contributed by atoms with Crippen molar-refractivity contribution in [2.45, 2.75) is 13.5 Å². The molecule has 1 N–H and O–H groups in total. The molecule has 0 atom stereocenters. The Hall–Kier alpha value is -2.97. The number of rotatable bonds is 7. The van der Waals surface area contributed by atoms with Crippen LogP contribution >= 0.6 is 0 Å². The first kappa shape index (κ1) is 19.8. The smallest absolute Gasteiger partial charge is 0.262 e. The van der Waals surface area contributed by atoms with E-state index in [0.717, 1.165) is 13.1 Å². The Kier molecular flexibility index (Phi) is 6.57. The third-order valence-corrected chi connectivity index (χ3v) is 4.27. The van der Waals surface area contributed by atoms with Gasteiger partial charge in [0.1, 0.15) is 12.0 Å². The lowest BCUT2D eigenvalue weighted by atomic mass is 10.1. The lowest BCUT2D eigenvalue weighted by molar-refractivity contribution is -0.118. The maximum Gasteiger partial charge on any atom is 0.262 e. The van der Waals surface area contributed by atoms with Gasteiger partial charge in [-0.15, -0.1) is 0 Å². The van der Waals surface area contributed by atoms with Crippen LogP contribution in [0.5, 0.6) is 5.75 Å². The van der Waals surface area contributed by atoms with Gasteiger partial charge < -0.3 is 19.2 Å². The summed E-state index contributed by atoms with van der Waals surface area (Å²) in [6.45, 7) is 4.57. The van der Waals surface area contributed by atoms with E-state index in [1.807, 2.05) is 0 Å². The van der Waals surface area contributed by atoms with Crippen molar-refractivity contribution in [1.29, 1.82) is 0 Å². The van der Waals surface area contributed by atoms with E-state index in [1.54, 1.807) is 24.3 Å². The zero-order valence-corrected chi connectivity index (χ0v) is 15.6. The van der Waals surface area contributed by atoms with E-state index in [1.165, 1.54) is 19.3 Å². The summed E-state index contributed by atoms with van der Waals surface area (Å²) in [5.41, 5.74) is 0.753. The van der Waals surface area contributed by atoms with Gasteiger partial charge in [0.05, 0.1) is 19.8 Å². The van der Waals surface area contributed by atoms with Gasteiger partial charge in [0, 0.05) is 30.4 Å². The molecule has 1 amide bonds. The predicted octanol–water partition coefficient (Wildman–Crippen LogP) is 1.69. The Bertz CT molecular complexity index is 884. The second-order valence-corrected chi connectivity index (χ2v) is 6.43. The number of carbonyl (C=O) groups is 2. The predicted molar refractivity (Wildman–Crippen MR) is 102 cm³/mol. The molecule has 1 aromatic heterocycles. The molecule has 28 heavy (non-hydrogen) atoms. The van der Waals surface area contributed by atoms with Crippen molar-refractivity contribution in [3.63, 3.8) is 0 Å². The van der Waals surface area contributed by atoms with E-state index >= 15 is 0 Å². The van der Waals surface area contributed by atoms with Crippen molar-refractivity contribution in [2.24, 2.45) is 0 Å². The molecule has 8 nitrogen and oxygen atoms in total. The number of hydrogen-bond donors (Lipinski definition) is 1. The minimum atomic E-state index is -0.424. The molecule has 8 heteroatoms. The number of anilines is 1. The van der Waals surface area contributed by atoms with Crippen LogP contribution in [0.25, 0.3) is 0 Å². The lowest BCUT2D eigenvalue weighted by Gasteiger charge is -2.25. The lowest BCUT2D eigenvalue weighted by Crippen LogP contribution is -2.35. The molecule has 1 saturated heterocycles. The standard InChI is InChI=1S/C20H22N2O6/c1-14(23)15-2-4-16(5-3-15)21-20(25)13-28-19-12-27-17(10-18(19)24)11-22-6-8-26-9-7-22/h2-5,10,12H,6-9,11,13H2,1H3,(H,21,25). The molecular formula is C20H22N2O6. The summed E-state index contributed by atoms with van der Waals surface area (Å²) < 4.78 is 16.0. The van der Waals surface area contributed by atoms with Crippen LogP contribution in [0.3, 0.4) is 0 Å². The van der Waals surface area contributed by atoms with Gasteiger partial charge in [0.25, 0.3) is 5.91 Å². The topological polar surface area (TPSA) is 98.1 Å². The monoisotopic (exact) mass is 386 g/mol. The van der Waals surface area contributed by atoms with Crippen LogP contribution in [-0.4, -0.2) is 49.5 Å². The van der Waals surface area contributed by atoms with E-state index < -0.39 is 5.91 Å². The Morgan fingerprint density at radius 3 is 2.54 bits per heavy atom. The number of nitrogens with one attached hydrogen (secondary N) is 1. The quantitative estimate of drug-likeness (QED) is 0.723. The number of carbonyl (C=O) groups excluding carboxylic acids is 2. The van der Waals surface area contributed by atoms with Crippen LogP contribution in [0.15, 0.2) is 45.8 Å². The summed E-state index contributed by atoms with van der Waals surface area (Å²) in [5, 5.41) is 2.64. The van der Waals surface area contributed by atoms with Gasteiger partial charge in [0.2, 0.25) is 11.2 Å². The second-order valence-electron chi connectivity index (χ2n) is 6.43. The Morgan fingerprint density at radius 2 is 1.89 bits per heavy atom. The van der Waals surface area contributed by atoms with Crippen LogP contribution in [-0.2, 0) is 16.1 Å². The zero-order chi connectivity index (χ0) is 19.9. The largest absolute Gasteiger partial charge is 0.477 e. The van der Waals surface area contributed by atoms with E-state index in [-0.39, 0.29) is 23.6 Å². The van der Waals surface area contributed by atoms with Crippen LogP contribution in [0, 0.1) is 0 Å². The van der Waals surface area contributed by atoms with Crippen molar-refractivity contribution in [3.8, 4) is 5.75 Å². The molecule has 1 fully saturated rings. The molecule has 0 radical (unpaired) electrons. The summed E-state index contributed by atoms with van der Waals surface area (Å²) in [7, 11) is 0. The molecule has 2 heterocycles. The summed E-state index contributed by atoms with van der Waals surface area (Å²) in [6, 6.07) is 7.89. The summed E-state index contributed by atoms with van der Waals surface area (Å²) in [6.07, 6.45) is 1.23. The molecule has 1 aliphatic rings. The van der Waals surface area contributed by atoms with Crippen molar-refractivity contribution in [3.05, 3.63) is 58.1 Å². The minimum absolute atomic E-state index is 0.0206. The average molecular weight is 386 g/mol. The molecular weight excluding hydrogens is 364 g/mol. The highest BCUT2D eigenvalue weighted by Crippen LogP contribution is 2.12. The maximum atomic E-state index is 12.2. The van der Waals surface area contributed by atoms with Gasteiger partial charge in [-0.05, 0) is 31.2 Å². The highest BCUT2D eigenvalue weighted by atomic mass is 16.5. The fourth-order valence-corrected chi connectivity index (χ4v) is 2.74. The van der Waals surface area contributed by atoms with Gasteiger partial charge in [-0.1, -0.05) is 0 Å². The summed E-state index contributed by atoms with van der Waals surface area (Å²) >= 11 is 0. The maximum absolute atomic E-state index is 12.2. The highest BCUT2D eigenvalue weighted by molar-refractivity contribution is 5.95. The van der Waals surface area contributed by atoms with Gasteiger partial charge >= 0.3 is 0 Å².